The third-order valence-electron chi connectivity index (χ3n) is 7.14. The Labute approximate surface area is 192 Å². The van der Waals surface area contributed by atoms with Crippen molar-refractivity contribution < 1.29 is 24.5 Å². The van der Waals surface area contributed by atoms with Gasteiger partial charge in [-0.3, -0.25) is 9.59 Å². The number of hydrogen-bond acceptors (Lipinski definition) is 5. The van der Waals surface area contributed by atoms with E-state index in [9.17, 15) is 19.8 Å². The average Bonchev–Trinajstić information content (AvgIpc) is 2.92. The molecule has 5 nitrogen and oxygen atoms in total. The van der Waals surface area contributed by atoms with Crippen LogP contribution in [0.4, 0.5) is 0 Å². The first-order valence-corrected chi connectivity index (χ1v) is 11.7. The van der Waals surface area contributed by atoms with E-state index in [1.165, 1.54) is 18.1 Å². The highest BCUT2D eigenvalue weighted by atomic mass is 16.5. The maximum absolute atomic E-state index is 13.3. The number of ether oxygens (including phenoxy) is 1. The van der Waals surface area contributed by atoms with Gasteiger partial charge in [0.25, 0.3) is 0 Å². The molecule has 2 aliphatic rings. The molecule has 0 saturated heterocycles. The molecule has 178 valence electrons. The van der Waals surface area contributed by atoms with Crippen LogP contribution in [0.5, 0.6) is 0 Å². The van der Waals surface area contributed by atoms with Crippen molar-refractivity contribution in [2.45, 2.75) is 86.2 Å². The van der Waals surface area contributed by atoms with Gasteiger partial charge >= 0.3 is 5.97 Å². The van der Waals surface area contributed by atoms with E-state index in [0.717, 1.165) is 24.8 Å². The van der Waals surface area contributed by atoms with Gasteiger partial charge < -0.3 is 14.9 Å². The molecule has 2 rings (SSSR count). The van der Waals surface area contributed by atoms with Crippen LogP contribution in [0.15, 0.2) is 46.3 Å². The average molecular weight is 445 g/mol. The third-order valence-corrected chi connectivity index (χ3v) is 7.14. The number of carbonyl (C=O) groups excluding carboxylic acids is 2. The van der Waals surface area contributed by atoms with Gasteiger partial charge in [-0.05, 0) is 70.4 Å². The third kappa shape index (κ3) is 6.22. The highest BCUT2D eigenvalue weighted by Crippen LogP contribution is 2.50. The number of carbonyl (C=O) groups is 2. The molecule has 0 heterocycles. The van der Waals surface area contributed by atoms with E-state index in [1.54, 1.807) is 0 Å². The van der Waals surface area contributed by atoms with Gasteiger partial charge in [-0.25, -0.2) is 0 Å². The molecule has 0 aromatic rings. The minimum Gasteiger partial charge on any atom is -0.504 e. The molecule has 2 aliphatic carbocycles. The molecule has 0 bridgehead atoms. The number of ketones is 1. The zero-order valence-corrected chi connectivity index (χ0v) is 20.5. The number of fused-ring (bicyclic) bond motifs is 1. The molecule has 0 fully saturated rings. The summed E-state index contributed by atoms with van der Waals surface area (Å²) in [5.41, 5.74) is 3.27. The van der Waals surface area contributed by atoms with Gasteiger partial charge in [0.1, 0.15) is 0 Å². The zero-order chi connectivity index (χ0) is 24.1. The van der Waals surface area contributed by atoms with Gasteiger partial charge in [0.2, 0.25) is 5.78 Å². The van der Waals surface area contributed by atoms with Crippen molar-refractivity contribution in [1.29, 1.82) is 0 Å². The fourth-order valence-electron chi connectivity index (χ4n) is 4.77. The van der Waals surface area contributed by atoms with Crippen molar-refractivity contribution in [3.8, 4) is 0 Å². The lowest BCUT2D eigenvalue weighted by molar-refractivity contribution is -0.141. The summed E-state index contributed by atoms with van der Waals surface area (Å²) in [4.78, 5) is 24.6. The predicted octanol–water partition coefficient (Wildman–Crippen LogP) is 5.76. The summed E-state index contributed by atoms with van der Waals surface area (Å²) in [5.74, 6) is -1.31. The Morgan fingerprint density at radius 3 is 2.50 bits per heavy atom. The van der Waals surface area contributed by atoms with Crippen molar-refractivity contribution in [3.63, 3.8) is 0 Å². The summed E-state index contributed by atoms with van der Waals surface area (Å²) in [6.07, 6.45) is 10.3. The molecular formula is C27H40O5. The lowest BCUT2D eigenvalue weighted by Crippen LogP contribution is -2.32. The molecule has 0 aromatic carbocycles. The standard InChI is InChI=1S/C27H40O5/c1-17-8-7-9-18(2)14-15-27(6)22(12-11-19(3)23(29)13-10-17)24(25(30)26(27)31)20(4)16-32-21(5)28/h8,11,14,20,22-23,29-30H,7,9-10,12-13,15-16H2,1-6H3/b17-8+,18-14+,19-11+/t20-,22+,23+,27-/m1/s1. The lowest BCUT2D eigenvalue weighted by atomic mass is 9.70. The molecule has 0 saturated carbocycles. The molecule has 4 atom stereocenters. The number of rotatable bonds is 3. The van der Waals surface area contributed by atoms with Gasteiger partial charge in [-0.15, -0.1) is 0 Å². The maximum Gasteiger partial charge on any atom is 0.302 e. The van der Waals surface area contributed by atoms with Crippen molar-refractivity contribution in [2.75, 3.05) is 6.61 Å². The molecule has 0 amide bonds. The summed E-state index contributed by atoms with van der Waals surface area (Å²) >= 11 is 0. The Kier molecular flexibility index (Phi) is 9.08. The van der Waals surface area contributed by atoms with E-state index >= 15 is 0 Å². The Morgan fingerprint density at radius 2 is 1.84 bits per heavy atom. The van der Waals surface area contributed by atoms with Gasteiger partial charge in [0.15, 0.2) is 5.76 Å². The van der Waals surface area contributed by atoms with E-state index in [4.69, 9.17) is 4.74 Å². The Bertz CT molecular complexity index is 844. The summed E-state index contributed by atoms with van der Waals surface area (Å²) in [5, 5.41) is 21.5. The summed E-state index contributed by atoms with van der Waals surface area (Å²) in [7, 11) is 0. The first-order chi connectivity index (χ1) is 15.0. The van der Waals surface area contributed by atoms with Gasteiger partial charge in [-0.1, -0.05) is 43.2 Å². The monoisotopic (exact) mass is 444 g/mol. The smallest absolute Gasteiger partial charge is 0.302 e. The van der Waals surface area contributed by atoms with Gasteiger partial charge in [0.05, 0.1) is 12.7 Å². The quantitative estimate of drug-likeness (QED) is 0.427. The zero-order valence-electron chi connectivity index (χ0n) is 20.5. The second-order valence-corrected chi connectivity index (χ2v) is 9.89. The fraction of sp³-hybridized carbons (Fsp3) is 0.630. The Hall–Kier alpha value is -2.14. The minimum absolute atomic E-state index is 0.125. The highest BCUT2D eigenvalue weighted by molar-refractivity contribution is 6.02. The second kappa shape index (κ2) is 11.1. The molecule has 5 heteroatoms. The van der Waals surface area contributed by atoms with E-state index in [-0.39, 0.29) is 36.0 Å². The second-order valence-electron chi connectivity index (χ2n) is 9.89. The van der Waals surface area contributed by atoms with Crippen molar-refractivity contribution >= 4 is 11.8 Å². The predicted molar refractivity (Wildman–Crippen MR) is 127 cm³/mol. The van der Waals surface area contributed by atoms with Crippen LogP contribution >= 0.6 is 0 Å². The van der Waals surface area contributed by atoms with Crippen molar-refractivity contribution in [1.82, 2.24) is 0 Å². The van der Waals surface area contributed by atoms with Crippen LogP contribution < -0.4 is 0 Å². The first kappa shape index (κ1) is 26.1. The minimum atomic E-state index is -0.779. The van der Waals surface area contributed by atoms with E-state index in [2.05, 4.69) is 26.0 Å². The molecule has 0 aliphatic heterocycles. The number of aliphatic hydroxyl groups is 2. The number of hydrogen-bond donors (Lipinski definition) is 2. The van der Waals surface area contributed by atoms with Crippen LogP contribution in [0.1, 0.15) is 80.1 Å². The molecular weight excluding hydrogens is 404 g/mol. The number of allylic oxidation sites excluding steroid dienone is 6. The number of Topliss-reactive ketones (excluding diaryl/α,β-unsaturated/α-hetero) is 1. The summed E-state index contributed by atoms with van der Waals surface area (Å²) < 4.78 is 5.19. The van der Waals surface area contributed by atoms with Gasteiger partial charge in [0, 0.05) is 24.2 Å². The van der Waals surface area contributed by atoms with Crippen LogP contribution in [0.25, 0.3) is 0 Å². The van der Waals surface area contributed by atoms with Crippen LogP contribution in [-0.4, -0.2) is 34.7 Å². The topological polar surface area (TPSA) is 83.8 Å². The normalized spacial score (nSPS) is 34.1. The van der Waals surface area contributed by atoms with Crippen LogP contribution in [0.2, 0.25) is 0 Å². The summed E-state index contributed by atoms with van der Waals surface area (Å²) in [6.45, 7) is 11.4. The molecule has 32 heavy (non-hydrogen) atoms. The SMILES string of the molecule is CC(=O)OC[C@@H](C)C1=C(O)C(=O)[C@]2(C)C/C=C(\C)CC/C=C(\C)CC[C@H](O)/C(C)=C/C[C@@H]12. The molecule has 0 unspecified atom stereocenters. The summed E-state index contributed by atoms with van der Waals surface area (Å²) in [6, 6.07) is 0. The Morgan fingerprint density at radius 1 is 1.19 bits per heavy atom. The Balaban J connectivity index is 2.45. The highest BCUT2D eigenvalue weighted by Gasteiger charge is 2.51. The maximum atomic E-state index is 13.3. The van der Waals surface area contributed by atoms with Crippen LogP contribution in [0.3, 0.4) is 0 Å². The van der Waals surface area contributed by atoms with E-state index in [1.807, 2.05) is 26.8 Å². The number of esters is 1. The molecule has 2 N–H and O–H groups in total. The van der Waals surface area contributed by atoms with E-state index < -0.39 is 11.5 Å². The van der Waals surface area contributed by atoms with E-state index in [0.29, 0.717) is 24.8 Å². The van der Waals surface area contributed by atoms with Gasteiger partial charge in [-0.2, -0.15) is 0 Å². The van der Waals surface area contributed by atoms with Crippen LogP contribution in [-0.2, 0) is 14.3 Å². The molecule has 0 spiro atoms. The molecule has 0 radical (unpaired) electrons. The van der Waals surface area contributed by atoms with Crippen molar-refractivity contribution in [3.05, 3.63) is 46.3 Å². The molecule has 0 aromatic heterocycles. The largest absolute Gasteiger partial charge is 0.504 e. The first-order valence-electron chi connectivity index (χ1n) is 11.7. The number of aliphatic hydroxyl groups excluding tert-OH is 2. The fourth-order valence-corrected chi connectivity index (χ4v) is 4.77. The van der Waals surface area contributed by atoms with Crippen LogP contribution in [0, 0.1) is 17.3 Å². The lowest BCUT2D eigenvalue weighted by Gasteiger charge is -2.32. The van der Waals surface area contributed by atoms with Crippen molar-refractivity contribution in [2.24, 2.45) is 17.3 Å².